The molecule has 4 heteroatoms. The average Bonchev–Trinajstić information content (AvgIpc) is 3.08. The molecule has 3 nitrogen and oxygen atoms in total. The maximum Gasteiger partial charge on any atom is 0.143 e. The standard InChI is InChI=1S/C13H13FN2O/c14-11-2-1-3-12(10(11)6-15)16-7-13(17,8-16)9-4-5-9/h1-3,9,17H,4-5,7-8H2. The summed E-state index contributed by atoms with van der Waals surface area (Å²) in [5, 5.41) is 19.1. The van der Waals surface area contributed by atoms with E-state index in [4.69, 9.17) is 5.26 Å². The van der Waals surface area contributed by atoms with Crippen molar-refractivity contribution >= 4 is 5.69 Å². The molecule has 0 atom stereocenters. The van der Waals surface area contributed by atoms with Gasteiger partial charge in [-0.3, -0.25) is 0 Å². The molecule has 1 N–H and O–H groups in total. The zero-order valence-electron chi connectivity index (χ0n) is 9.36. The van der Waals surface area contributed by atoms with Crippen LogP contribution in [-0.4, -0.2) is 23.8 Å². The smallest absolute Gasteiger partial charge is 0.143 e. The Balaban J connectivity index is 1.83. The molecule has 17 heavy (non-hydrogen) atoms. The highest BCUT2D eigenvalue weighted by Crippen LogP contribution is 2.46. The van der Waals surface area contributed by atoms with E-state index in [2.05, 4.69) is 0 Å². The fourth-order valence-electron chi connectivity index (χ4n) is 2.55. The predicted molar refractivity (Wildman–Crippen MR) is 61.0 cm³/mol. The fraction of sp³-hybridized carbons (Fsp3) is 0.462. The van der Waals surface area contributed by atoms with E-state index in [1.54, 1.807) is 12.1 Å². The Morgan fingerprint density at radius 2 is 2.12 bits per heavy atom. The Kier molecular flexibility index (Phi) is 2.14. The zero-order chi connectivity index (χ0) is 12.0. The summed E-state index contributed by atoms with van der Waals surface area (Å²) < 4.78 is 13.4. The molecule has 0 unspecified atom stereocenters. The summed E-state index contributed by atoms with van der Waals surface area (Å²) in [5.41, 5.74) is 0.0575. The van der Waals surface area contributed by atoms with Gasteiger partial charge in [-0.2, -0.15) is 5.26 Å². The quantitative estimate of drug-likeness (QED) is 0.843. The summed E-state index contributed by atoms with van der Waals surface area (Å²) in [5.74, 6) is -0.0929. The number of nitrogens with zero attached hydrogens (tertiary/aromatic N) is 2. The molecule has 3 rings (SSSR count). The molecule has 0 bridgehead atoms. The van der Waals surface area contributed by atoms with Gasteiger partial charge in [-0.25, -0.2) is 4.39 Å². The van der Waals surface area contributed by atoms with Crippen LogP contribution in [-0.2, 0) is 0 Å². The lowest BCUT2D eigenvalue weighted by Gasteiger charge is -2.48. The first-order chi connectivity index (χ1) is 8.14. The van der Waals surface area contributed by atoms with Crippen molar-refractivity contribution in [3.05, 3.63) is 29.6 Å². The van der Waals surface area contributed by atoms with Crippen molar-refractivity contribution in [1.82, 2.24) is 0 Å². The Morgan fingerprint density at radius 1 is 1.41 bits per heavy atom. The Hall–Kier alpha value is -1.60. The molecule has 1 aromatic carbocycles. The van der Waals surface area contributed by atoms with Gasteiger partial charge < -0.3 is 10.0 Å². The van der Waals surface area contributed by atoms with Gasteiger partial charge in [0.15, 0.2) is 0 Å². The molecule has 0 radical (unpaired) electrons. The van der Waals surface area contributed by atoms with Gasteiger partial charge in [-0.15, -0.1) is 0 Å². The number of halogens is 1. The lowest BCUT2D eigenvalue weighted by atomic mass is 9.87. The SMILES string of the molecule is N#Cc1c(F)cccc1N1CC(O)(C2CC2)C1. The van der Waals surface area contributed by atoms with Crippen LogP contribution in [0.15, 0.2) is 18.2 Å². The third kappa shape index (κ3) is 1.58. The Morgan fingerprint density at radius 3 is 2.71 bits per heavy atom. The summed E-state index contributed by atoms with van der Waals surface area (Å²) in [6, 6.07) is 6.50. The fourth-order valence-corrected chi connectivity index (χ4v) is 2.55. The molecular weight excluding hydrogens is 219 g/mol. The van der Waals surface area contributed by atoms with Crippen LogP contribution < -0.4 is 4.90 Å². The predicted octanol–water partition coefficient (Wildman–Crippen LogP) is 1.66. The zero-order valence-corrected chi connectivity index (χ0v) is 9.36. The number of anilines is 1. The topological polar surface area (TPSA) is 47.3 Å². The van der Waals surface area contributed by atoms with E-state index in [0.29, 0.717) is 24.7 Å². The van der Waals surface area contributed by atoms with Gasteiger partial charge in [0.1, 0.15) is 23.1 Å². The van der Waals surface area contributed by atoms with Crippen LogP contribution in [0.5, 0.6) is 0 Å². The van der Waals surface area contributed by atoms with E-state index in [1.807, 2.05) is 11.0 Å². The molecule has 0 aromatic heterocycles. The van der Waals surface area contributed by atoms with Crippen molar-refractivity contribution in [3.63, 3.8) is 0 Å². The third-order valence-electron chi connectivity index (χ3n) is 3.71. The summed E-state index contributed by atoms with van der Waals surface area (Å²) in [6.45, 7) is 1.02. The van der Waals surface area contributed by atoms with Crippen molar-refractivity contribution in [2.75, 3.05) is 18.0 Å². The number of nitriles is 1. The average molecular weight is 232 g/mol. The maximum atomic E-state index is 13.4. The second kappa shape index (κ2) is 3.44. The lowest BCUT2D eigenvalue weighted by Crippen LogP contribution is -2.63. The summed E-state index contributed by atoms with van der Waals surface area (Å²) in [6.07, 6.45) is 2.16. The molecule has 1 aromatic rings. The number of benzene rings is 1. The van der Waals surface area contributed by atoms with Crippen LogP contribution in [0.1, 0.15) is 18.4 Å². The van der Waals surface area contributed by atoms with E-state index in [0.717, 1.165) is 12.8 Å². The van der Waals surface area contributed by atoms with Crippen LogP contribution >= 0.6 is 0 Å². The minimum absolute atomic E-state index is 0.0744. The minimum Gasteiger partial charge on any atom is -0.386 e. The van der Waals surface area contributed by atoms with Crippen molar-refractivity contribution in [2.45, 2.75) is 18.4 Å². The summed E-state index contributed by atoms with van der Waals surface area (Å²) in [7, 11) is 0. The number of aliphatic hydroxyl groups is 1. The number of hydrogen-bond acceptors (Lipinski definition) is 3. The molecule has 88 valence electrons. The van der Waals surface area contributed by atoms with E-state index < -0.39 is 11.4 Å². The monoisotopic (exact) mass is 232 g/mol. The summed E-state index contributed by atoms with van der Waals surface area (Å²) in [4.78, 5) is 1.87. The molecule has 1 aliphatic heterocycles. The van der Waals surface area contributed by atoms with Gasteiger partial charge >= 0.3 is 0 Å². The Bertz CT molecular complexity index is 499. The first kappa shape index (κ1) is 10.5. The summed E-state index contributed by atoms with van der Waals surface area (Å²) >= 11 is 0. The highest BCUT2D eigenvalue weighted by molar-refractivity contribution is 5.62. The van der Waals surface area contributed by atoms with Gasteiger partial charge in [-0.05, 0) is 30.9 Å². The molecule has 2 aliphatic rings. The number of β-amino-alcohol motifs (C(OH)–C–C–N with tert-alkyl or cyclic N) is 1. The molecule has 0 spiro atoms. The third-order valence-corrected chi connectivity index (χ3v) is 3.71. The number of hydrogen-bond donors (Lipinski definition) is 1. The van der Waals surface area contributed by atoms with E-state index >= 15 is 0 Å². The van der Waals surface area contributed by atoms with Crippen LogP contribution in [0.25, 0.3) is 0 Å². The van der Waals surface area contributed by atoms with Crippen LogP contribution in [0, 0.1) is 23.1 Å². The molecule has 1 heterocycles. The molecule has 2 fully saturated rings. The molecule has 0 amide bonds. The molecular formula is C13H13FN2O. The maximum absolute atomic E-state index is 13.4. The van der Waals surface area contributed by atoms with Crippen molar-refractivity contribution in [2.24, 2.45) is 5.92 Å². The Labute approximate surface area is 99.1 Å². The van der Waals surface area contributed by atoms with Gasteiger partial charge in [-0.1, -0.05) is 6.07 Å². The molecule has 1 saturated heterocycles. The van der Waals surface area contributed by atoms with Gasteiger partial charge in [0.25, 0.3) is 0 Å². The van der Waals surface area contributed by atoms with Crippen LogP contribution in [0.4, 0.5) is 10.1 Å². The van der Waals surface area contributed by atoms with Gasteiger partial charge in [0, 0.05) is 13.1 Å². The van der Waals surface area contributed by atoms with Crippen molar-refractivity contribution < 1.29 is 9.50 Å². The largest absolute Gasteiger partial charge is 0.386 e. The highest BCUT2D eigenvalue weighted by atomic mass is 19.1. The lowest BCUT2D eigenvalue weighted by molar-refractivity contribution is -0.00935. The van der Waals surface area contributed by atoms with E-state index in [-0.39, 0.29) is 5.56 Å². The van der Waals surface area contributed by atoms with Crippen molar-refractivity contribution in [3.8, 4) is 6.07 Å². The van der Waals surface area contributed by atoms with Crippen LogP contribution in [0.2, 0.25) is 0 Å². The second-order valence-corrected chi connectivity index (χ2v) is 4.98. The first-order valence-electron chi connectivity index (χ1n) is 5.80. The number of rotatable bonds is 2. The van der Waals surface area contributed by atoms with Gasteiger partial charge in [0.05, 0.1) is 5.69 Å². The normalized spacial score (nSPS) is 21.8. The molecule has 1 aliphatic carbocycles. The highest BCUT2D eigenvalue weighted by Gasteiger charge is 2.52. The van der Waals surface area contributed by atoms with Crippen molar-refractivity contribution in [1.29, 1.82) is 5.26 Å². The molecule has 1 saturated carbocycles. The van der Waals surface area contributed by atoms with Gasteiger partial charge in [0.2, 0.25) is 0 Å². The van der Waals surface area contributed by atoms with E-state index in [1.165, 1.54) is 6.07 Å². The minimum atomic E-state index is -0.612. The first-order valence-corrected chi connectivity index (χ1v) is 5.80. The van der Waals surface area contributed by atoms with Crippen LogP contribution in [0.3, 0.4) is 0 Å². The van der Waals surface area contributed by atoms with E-state index in [9.17, 15) is 9.50 Å². The second-order valence-electron chi connectivity index (χ2n) is 4.98.